The fraction of sp³-hybridized carbons (Fsp3) is 0.550. The molecule has 2 unspecified atom stereocenters. The van der Waals surface area contributed by atoms with E-state index in [0.717, 1.165) is 24.8 Å². The molecule has 2 amide bonds. The van der Waals surface area contributed by atoms with Crippen molar-refractivity contribution in [1.29, 1.82) is 0 Å². The summed E-state index contributed by atoms with van der Waals surface area (Å²) < 4.78 is 4.98. The lowest BCUT2D eigenvalue weighted by molar-refractivity contribution is -0.148. The first-order chi connectivity index (χ1) is 12.5. The van der Waals surface area contributed by atoms with Gasteiger partial charge in [0.25, 0.3) is 5.91 Å². The zero-order chi connectivity index (χ0) is 18.8. The Morgan fingerprint density at radius 1 is 1.08 bits per heavy atom. The van der Waals surface area contributed by atoms with Crippen molar-refractivity contribution in [3.05, 3.63) is 35.9 Å². The number of ether oxygens (including phenoxy) is 1. The van der Waals surface area contributed by atoms with E-state index in [2.05, 4.69) is 17.6 Å². The monoisotopic (exact) mass is 360 g/mol. The highest BCUT2D eigenvalue weighted by Gasteiger charge is 2.23. The number of esters is 1. The van der Waals surface area contributed by atoms with Crippen molar-refractivity contribution in [1.82, 2.24) is 10.6 Å². The minimum absolute atomic E-state index is 0.0492. The van der Waals surface area contributed by atoms with Crippen LogP contribution in [0.1, 0.15) is 44.6 Å². The third-order valence-electron chi connectivity index (χ3n) is 4.68. The molecular weight excluding hydrogens is 332 g/mol. The SMILES string of the molecule is CC1CCCCC1NC(=O)COC(=O)CCNC(=O)Cc1ccccc1. The van der Waals surface area contributed by atoms with Gasteiger partial charge < -0.3 is 15.4 Å². The summed E-state index contributed by atoms with van der Waals surface area (Å²) in [4.78, 5) is 35.4. The summed E-state index contributed by atoms with van der Waals surface area (Å²) in [7, 11) is 0. The number of carbonyl (C=O) groups is 3. The second kappa shape index (κ2) is 10.6. The molecule has 2 N–H and O–H groups in total. The normalized spacial score (nSPS) is 19.4. The first-order valence-corrected chi connectivity index (χ1v) is 9.30. The molecule has 142 valence electrons. The third kappa shape index (κ3) is 7.25. The smallest absolute Gasteiger partial charge is 0.308 e. The van der Waals surface area contributed by atoms with Crippen molar-refractivity contribution in [2.75, 3.05) is 13.2 Å². The molecule has 0 bridgehead atoms. The molecule has 1 aliphatic carbocycles. The van der Waals surface area contributed by atoms with Crippen molar-refractivity contribution in [2.24, 2.45) is 5.92 Å². The van der Waals surface area contributed by atoms with E-state index in [1.54, 1.807) is 0 Å². The van der Waals surface area contributed by atoms with Gasteiger partial charge in [0.05, 0.1) is 12.8 Å². The molecule has 1 aromatic rings. The highest BCUT2D eigenvalue weighted by atomic mass is 16.5. The van der Waals surface area contributed by atoms with Crippen LogP contribution in [0.4, 0.5) is 0 Å². The molecule has 6 nitrogen and oxygen atoms in total. The standard InChI is InChI=1S/C20H28N2O4/c1-15-7-5-6-10-17(15)22-19(24)14-26-20(25)11-12-21-18(23)13-16-8-3-2-4-9-16/h2-4,8-9,15,17H,5-7,10-14H2,1H3,(H,21,23)(H,22,24). The molecule has 0 spiro atoms. The van der Waals surface area contributed by atoms with Crippen LogP contribution < -0.4 is 10.6 Å². The summed E-state index contributed by atoms with van der Waals surface area (Å²) in [6.45, 7) is 2.07. The van der Waals surface area contributed by atoms with E-state index in [-0.39, 0.29) is 43.8 Å². The number of carbonyl (C=O) groups excluding carboxylic acids is 3. The fourth-order valence-corrected chi connectivity index (χ4v) is 3.15. The molecule has 1 saturated carbocycles. The molecule has 26 heavy (non-hydrogen) atoms. The topological polar surface area (TPSA) is 84.5 Å². The molecule has 6 heteroatoms. The Labute approximate surface area is 154 Å². The van der Waals surface area contributed by atoms with Gasteiger partial charge in [0, 0.05) is 12.6 Å². The van der Waals surface area contributed by atoms with Gasteiger partial charge in [-0.15, -0.1) is 0 Å². The van der Waals surface area contributed by atoms with E-state index in [0.29, 0.717) is 5.92 Å². The quantitative estimate of drug-likeness (QED) is 0.694. The minimum atomic E-state index is -0.489. The number of nitrogens with one attached hydrogen (secondary N) is 2. The van der Waals surface area contributed by atoms with Gasteiger partial charge in [0.15, 0.2) is 6.61 Å². The lowest BCUT2D eigenvalue weighted by Gasteiger charge is -2.29. The molecule has 0 saturated heterocycles. The largest absolute Gasteiger partial charge is 0.456 e. The van der Waals surface area contributed by atoms with Gasteiger partial charge in [-0.2, -0.15) is 0 Å². The van der Waals surface area contributed by atoms with Gasteiger partial charge in [0.1, 0.15) is 0 Å². The maximum Gasteiger partial charge on any atom is 0.308 e. The maximum absolute atomic E-state index is 11.9. The van der Waals surface area contributed by atoms with Crippen LogP contribution in [-0.4, -0.2) is 37.0 Å². The van der Waals surface area contributed by atoms with Crippen LogP contribution in [-0.2, 0) is 25.5 Å². The van der Waals surface area contributed by atoms with E-state index < -0.39 is 5.97 Å². The Kier molecular flexibility index (Phi) is 8.12. The van der Waals surface area contributed by atoms with Crippen LogP contribution in [0.3, 0.4) is 0 Å². The van der Waals surface area contributed by atoms with E-state index >= 15 is 0 Å². The van der Waals surface area contributed by atoms with E-state index in [4.69, 9.17) is 4.74 Å². The van der Waals surface area contributed by atoms with Gasteiger partial charge >= 0.3 is 5.97 Å². The molecule has 0 aromatic heterocycles. The van der Waals surface area contributed by atoms with Crippen LogP contribution in [0.2, 0.25) is 0 Å². The molecule has 1 fully saturated rings. The lowest BCUT2D eigenvalue weighted by atomic mass is 9.86. The van der Waals surface area contributed by atoms with Gasteiger partial charge in [-0.1, -0.05) is 50.1 Å². The second-order valence-electron chi connectivity index (χ2n) is 6.86. The Morgan fingerprint density at radius 2 is 1.81 bits per heavy atom. The minimum Gasteiger partial charge on any atom is -0.456 e. The Bertz CT molecular complexity index is 603. The fourth-order valence-electron chi connectivity index (χ4n) is 3.15. The molecule has 0 heterocycles. The van der Waals surface area contributed by atoms with E-state index in [9.17, 15) is 14.4 Å². The van der Waals surface area contributed by atoms with Crippen LogP contribution in [0.25, 0.3) is 0 Å². The molecule has 1 aliphatic rings. The third-order valence-corrected chi connectivity index (χ3v) is 4.68. The highest BCUT2D eigenvalue weighted by molar-refractivity contribution is 5.81. The summed E-state index contributed by atoms with van der Waals surface area (Å²) in [6.07, 6.45) is 4.75. The molecule has 0 radical (unpaired) electrons. The summed E-state index contributed by atoms with van der Waals surface area (Å²) in [5.41, 5.74) is 0.918. The van der Waals surface area contributed by atoms with Gasteiger partial charge in [-0.3, -0.25) is 14.4 Å². The Balaban J connectivity index is 1.57. The van der Waals surface area contributed by atoms with E-state index in [1.807, 2.05) is 30.3 Å². The van der Waals surface area contributed by atoms with Crippen molar-refractivity contribution in [3.63, 3.8) is 0 Å². The Morgan fingerprint density at radius 3 is 2.54 bits per heavy atom. The summed E-state index contributed by atoms with van der Waals surface area (Å²) in [5, 5.41) is 5.62. The number of benzene rings is 1. The molecule has 2 rings (SSSR count). The number of rotatable bonds is 8. The van der Waals surface area contributed by atoms with Crippen LogP contribution in [0.5, 0.6) is 0 Å². The van der Waals surface area contributed by atoms with E-state index in [1.165, 1.54) is 6.42 Å². The average Bonchev–Trinajstić information content (AvgIpc) is 2.63. The zero-order valence-corrected chi connectivity index (χ0v) is 15.3. The van der Waals surface area contributed by atoms with Crippen molar-refractivity contribution in [2.45, 2.75) is 51.5 Å². The van der Waals surface area contributed by atoms with Gasteiger partial charge in [0.2, 0.25) is 5.91 Å². The Hall–Kier alpha value is -2.37. The molecule has 0 aliphatic heterocycles. The summed E-state index contributed by atoms with van der Waals surface area (Å²) in [5.74, 6) is -0.432. The highest BCUT2D eigenvalue weighted by Crippen LogP contribution is 2.23. The maximum atomic E-state index is 11.9. The average molecular weight is 360 g/mol. The van der Waals surface area contributed by atoms with Crippen LogP contribution >= 0.6 is 0 Å². The zero-order valence-electron chi connectivity index (χ0n) is 15.3. The molecule has 2 atom stereocenters. The summed E-state index contributed by atoms with van der Waals surface area (Å²) in [6, 6.07) is 9.56. The molecular formula is C20H28N2O4. The number of hydrogen-bond donors (Lipinski definition) is 2. The second-order valence-corrected chi connectivity index (χ2v) is 6.86. The van der Waals surface area contributed by atoms with Crippen molar-refractivity contribution >= 4 is 17.8 Å². The number of amides is 2. The molecule has 1 aromatic carbocycles. The lowest BCUT2D eigenvalue weighted by Crippen LogP contribution is -2.43. The predicted molar refractivity (Wildman–Crippen MR) is 98.3 cm³/mol. The van der Waals surface area contributed by atoms with Gasteiger partial charge in [-0.05, 0) is 24.3 Å². The van der Waals surface area contributed by atoms with Crippen LogP contribution in [0, 0.1) is 5.92 Å². The first kappa shape index (κ1) is 19.9. The van der Waals surface area contributed by atoms with Crippen molar-refractivity contribution in [3.8, 4) is 0 Å². The first-order valence-electron chi connectivity index (χ1n) is 9.30. The van der Waals surface area contributed by atoms with Crippen molar-refractivity contribution < 1.29 is 19.1 Å². The summed E-state index contributed by atoms with van der Waals surface area (Å²) >= 11 is 0. The number of hydrogen-bond acceptors (Lipinski definition) is 4. The van der Waals surface area contributed by atoms with Gasteiger partial charge in [-0.25, -0.2) is 0 Å². The van der Waals surface area contributed by atoms with Crippen LogP contribution in [0.15, 0.2) is 30.3 Å². The predicted octanol–water partition coefficient (Wildman–Crippen LogP) is 1.97.